The van der Waals surface area contributed by atoms with Crippen molar-refractivity contribution in [1.82, 2.24) is 0 Å². The average molecular weight is 316 g/mol. The van der Waals surface area contributed by atoms with E-state index >= 15 is 0 Å². The second-order valence-corrected chi connectivity index (χ2v) is 5.25. The van der Waals surface area contributed by atoms with E-state index < -0.39 is 5.97 Å². The fourth-order valence-corrected chi connectivity index (χ4v) is 2.16. The van der Waals surface area contributed by atoms with Crippen LogP contribution in [0.5, 0.6) is 5.75 Å². The lowest BCUT2D eigenvalue weighted by atomic mass is 10.1. The molecule has 0 heterocycles. The molecule has 1 N–H and O–H groups in total. The topological polar surface area (TPSA) is 63.6 Å². The van der Waals surface area contributed by atoms with Gasteiger partial charge in [-0.3, -0.25) is 4.79 Å². The molecule has 1 aromatic carbocycles. The Morgan fingerprint density at radius 1 is 1.09 bits per heavy atom. The summed E-state index contributed by atoms with van der Waals surface area (Å²) in [7, 11) is 0. The molecule has 0 aliphatic rings. The molecule has 0 saturated heterocycles. The zero-order valence-electron chi connectivity index (χ0n) is 13.4. The molecule has 0 fully saturated rings. The van der Waals surface area contributed by atoms with Crippen LogP contribution in [0.4, 0.5) is 0 Å². The van der Waals surface area contributed by atoms with Crippen LogP contribution < -0.4 is 4.74 Å². The first-order chi connectivity index (χ1) is 11.1. The lowest BCUT2D eigenvalue weighted by molar-refractivity contribution is -0.134. The minimum Gasteiger partial charge on any atom is -0.478 e. The van der Waals surface area contributed by atoms with E-state index in [0.717, 1.165) is 38.5 Å². The van der Waals surface area contributed by atoms with Crippen LogP contribution in [-0.4, -0.2) is 17.0 Å². The third kappa shape index (κ3) is 8.00. The van der Waals surface area contributed by atoms with Gasteiger partial charge in [0.1, 0.15) is 11.3 Å². The van der Waals surface area contributed by atoms with E-state index in [1.807, 2.05) is 6.08 Å². The number of esters is 1. The van der Waals surface area contributed by atoms with Gasteiger partial charge in [0.2, 0.25) is 0 Å². The number of carbonyl (C=O) groups is 2. The van der Waals surface area contributed by atoms with Gasteiger partial charge in [-0.05, 0) is 31.4 Å². The molecule has 0 amide bonds. The lowest BCUT2D eigenvalue weighted by Crippen LogP contribution is -2.10. The van der Waals surface area contributed by atoms with Crippen molar-refractivity contribution in [3.63, 3.8) is 0 Å². The summed E-state index contributed by atoms with van der Waals surface area (Å²) in [6.07, 6.45) is 12.3. The van der Waals surface area contributed by atoms with Gasteiger partial charge in [0.15, 0.2) is 0 Å². The van der Waals surface area contributed by atoms with E-state index in [1.54, 1.807) is 18.2 Å². The van der Waals surface area contributed by atoms with Crippen LogP contribution in [0.15, 0.2) is 49.1 Å². The van der Waals surface area contributed by atoms with E-state index in [0.29, 0.717) is 6.42 Å². The first kappa shape index (κ1) is 18.7. The highest BCUT2D eigenvalue weighted by atomic mass is 16.5. The van der Waals surface area contributed by atoms with Gasteiger partial charge in [-0.25, -0.2) is 4.79 Å². The Bertz CT molecular complexity index is 546. The van der Waals surface area contributed by atoms with Crippen molar-refractivity contribution in [2.24, 2.45) is 0 Å². The Labute approximate surface area is 137 Å². The number of hydrogen-bond donors (Lipinski definition) is 1. The largest absolute Gasteiger partial charge is 0.478 e. The van der Waals surface area contributed by atoms with Crippen LogP contribution in [0.25, 0.3) is 0 Å². The molecule has 1 aromatic rings. The first-order valence-corrected chi connectivity index (χ1v) is 7.95. The molecule has 4 nitrogen and oxygen atoms in total. The maximum Gasteiger partial charge on any atom is 0.339 e. The summed E-state index contributed by atoms with van der Waals surface area (Å²) in [6.45, 7) is 3.62. The van der Waals surface area contributed by atoms with Gasteiger partial charge in [0, 0.05) is 6.42 Å². The fraction of sp³-hybridized carbons (Fsp3) is 0.368. The highest BCUT2D eigenvalue weighted by molar-refractivity contribution is 5.91. The average Bonchev–Trinajstić information content (AvgIpc) is 2.53. The smallest absolute Gasteiger partial charge is 0.339 e. The molecule has 4 heteroatoms. The van der Waals surface area contributed by atoms with Crippen molar-refractivity contribution in [3.8, 4) is 5.75 Å². The number of ether oxygens (including phenoxy) is 1. The second kappa shape index (κ2) is 11.2. The van der Waals surface area contributed by atoms with Crippen molar-refractivity contribution in [3.05, 3.63) is 54.6 Å². The van der Waals surface area contributed by atoms with Gasteiger partial charge >= 0.3 is 11.9 Å². The van der Waals surface area contributed by atoms with E-state index in [-0.39, 0.29) is 17.3 Å². The molecule has 0 bridgehead atoms. The van der Waals surface area contributed by atoms with Gasteiger partial charge < -0.3 is 9.84 Å². The molecule has 0 aliphatic heterocycles. The minimum atomic E-state index is -1.10. The molecule has 0 spiro atoms. The standard InChI is InChI=1S/C19H24O4/c1-2-3-4-5-6-7-8-9-10-15-18(20)23-17-14-12-11-13-16(17)19(21)22/h2-4,11-14H,1,5-10,15H2,(H,21,22). The Morgan fingerprint density at radius 2 is 1.78 bits per heavy atom. The summed E-state index contributed by atoms with van der Waals surface area (Å²) in [5.74, 6) is -1.37. The molecule has 0 atom stereocenters. The molecular formula is C19H24O4. The molecule has 0 aromatic heterocycles. The highest BCUT2D eigenvalue weighted by Crippen LogP contribution is 2.19. The maximum absolute atomic E-state index is 11.8. The van der Waals surface area contributed by atoms with Gasteiger partial charge in [-0.2, -0.15) is 0 Å². The quantitative estimate of drug-likeness (QED) is 0.276. The minimum absolute atomic E-state index is 0.00780. The summed E-state index contributed by atoms with van der Waals surface area (Å²) in [5, 5.41) is 9.03. The number of carboxylic acids is 1. The normalized spacial score (nSPS) is 10.6. The first-order valence-electron chi connectivity index (χ1n) is 7.95. The summed E-state index contributed by atoms with van der Waals surface area (Å²) in [6, 6.07) is 6.17. The van der Waals surface area contributed by atoms with Gasteiger partial charge in [0.05, 0.1) is 0 Å². The number of rotatable bonds is 11. The highest BCUT2D eigenvalue weighted by Gasteiger charge is 2.13. The van der Waals surface area contributed by atoms with Crippen LogP contribution in [0.2, 0.25) is 0 Å². The summed E-state index contributed by atoms with van der Waals surface area (Å²) < 4.78 is 5.14. The Morgan fingerprint density at radius 3 is 2.52 bits per heavy atom. The van der Waals surface area contributed by atoms with Gasteiger partial charge in [-0.1, -0.05) is 56.2 Å². The van der Waals surface area contributed by atoms with Crippen molar-refractivity contribution in [1.29, 1.82) is 0 Å². The van der Waals surface area contributed by atoms with Crippen molar-refractivity contribution >= 4 is 11.9 Å². The molecule has 23 heavy (non-hydrogen) atoms. The lowest BCUT2D eigenvalue weighted by Gasteiger charge is -2.07. The molecule has 0 aliphatic carbocycles. The summed E-state index contributed by atoms with van der Waals surface area (Å²) in [4.78, 5) is 22.8. The van der Waals surface area contributed by atoms with E-state index in [1.165, 1.54) is 12.1 Å². The van der Waals surface area contributed by atoms with Crippen molar-refractivity contribution in [2.45, 2.75) is 44.9 Å². The van der Waals surface area contributed by atoms with Gasteiger partial charge in [0.25, 0.3) is 0 Å². The maximum atomic E-state index is 11.8. The number of hydrogen-bond acceptors (Lipinski definition) is 3. The fourth-order valence-electron chi connectivity index (χ4n) is 2.16. The van der Waals surface area contributed by atoms with Crippen LogP contribution in [-0.2, 0) is 4.79 Å². The number of benzene rings is 1. The zero-order chi connectivity index (χ0) is 16.9. The number of unbranched alkanes of at least 4 members (excludes halogenated alkanes) is 5. The van der Waals surface area contributed by atoms with Crippen molar-refractivity contribution < 1.29 is 19.4 Å². The predicted octanol–water partition coefficient (Wildman–Crippen LogP) is 4.76. The number of carbonyl (C=O) groups excluding carboxylic acids is 1. The zero-order valence-corrected chi connectivity index (χ0v) is 13.4. The summed E-state index contributed by atoms with van der Waals surface area (Å²) >= 11 is 0. The Balaban J connectivity index is 2.19. The second-order valence-electron chi connectivity index (χ2n) is 5.25. The third-order valence-corrected chi connectivity index (χ3v) is 3.37. The third-order valence-electron chi connectivity index (χ3n) is 3.37. The summed E-state index contributed by atoms with van der Waals surface area (Å²) in [5.41, 5.74) is 0.00780. The molecular weight excluding hydrogens is 292 g/mol. The predicted molar refractivity (Wildman–Crippen MR) is 90.7 cm³/mol. The number of para-hydroxylation sites is 1. The van der Waals surface area contributed by atoms with Crippen LogP contribution >= 0.6 is 0 Å². The van der Waals surface area contributed by atoms with Crippen LogP contribution in [0.3, 0.4) is 0 Å². The number of aromatic carboxylic acids is 1. The van der Waals surface area contributed by atoms with Crippen LogP contribution in [0, 0.1) is 0 Å². The molecule has 0 radical (unpaired) electrons. The van der Waals surface area contributed by atoms with Crippen molar-refractivity contribution in [2.75, 3.05) is 0 Å². The molecule has 1 rings (SSSR count). The Kier molecular flexibility index (Phi) is 9.13. The molecule has 0 unspecified atom stereocenters. The van der Waals surface area contributed by atoms with E-state index in [9.17, 15) is 9.59 Å². The number of allylic oxidation sites excluding steroid dienone is 3. The SMILES string of the molecule is C=CC=CCCCCCCCC(=O)Oc1ccccc1C(=O)O. The van der Waals surface area contributed by atoms with E-state index in [2.05, 4.69) is 12.7 Å². The number of carboxylic acid groups (broad SMARTS) is 1. The molecule has 0 saturated carbocycles. The molecule has 124 valence electrons. The van der Waals surface area contributed by atoms with Crippen LogP contribution in [0.1, 0.15) is 55.3 Å². The van der Waals surface area contributed by atoms with E-state index in [4.69, 9.17) is 9.84 Å². The van der Waals surface area contributed by atoms with Gasteiger partial charge in [-0.15, -0.1) is 0 Å². The monoisotopic (exact) mass is 316 g/mol. The Hall–Kier alpha value is -2.36.